The molecule has 1 aliphatic rings. The van der Waals surface area contributed by atoms with Crippen molar-refractivity contribution in [1.29, 1.82) is 0 Å². The molecule has 9 heteroatoms. The van der Waals surface area contributed by atoms with E-state index in [9.17, 15) is 21.6 Å². The largest absolute Gasteiger partial charge is 0.481 e. The van der Waals surface area contributed by atoms with E-state index >= 15 is 0 Å². The second-order valence-electron chi connectivity index (χ2n) is 4.67. The van der Waals surface area contributed by atoms with Gasteiger partial charge in [0.15, 0.2) is 14.9 Å². The number of carboxylic acid groups (broad SMARTS) is 1. The van der Waals surface area contributed by atoms with Crippen LogP contribution >= 0.6 is 0 Å². The smallest absolute Gasteiger partial charge is 0.306 e. The van der Waals surface area contributed by atoms with Gasteiger partial charge in [-0.3, -0.25) is 4.79 Å². The molecule has 2 atom stereocenters. The van der Waals surface area contributed by atoms with Gasteiger partial charge in [0.1, 0.15) is 0 Å². The first-order valence-corrected chi connectivity index (χ1v) is 9.21. The lowest BCUT2D eigenvalue weighted by Gasteiger charge is -2.26. The first kappa shape index (κ1) is 15.4. The maximum absolute atomic E-state index is 11.6. The molecule has 1 rings (SSSR count). The molecule has 0 bridgehead atoms. The van der Waals surface area contributed by atoms with Crippen molar-refractivity contribution in [2.75, 3.05) is 11.3 Å². The second-order valence-corrected chi connectivity index (χ2v) is 8.93. The van der Waals surface area contributed by atoms with Gasteiger partial charge in [0.2, 0.25) is 10.0 Å². The number of hydrogen-bond donors (Lipinski definition) is 2. The molecule has 0 amide bonds. The van der Waals surface area contributed by atoms with Gasteiger partial charge in [0.05, 0.1) is 5.92 Å². The van der Waals surface area contributed by atoms with E-state index in [0.717, 1.165) is 6.26 Å². The highest BCUT2D eigenvalue weighted by atomic mass is 32.3. The zero-order valence-electron chi connectivity index (χ0n) is 10.00. The molecule has 1 fully saturated rings. The van der Waals surface area contributed by atoms with Gasteiger partial charge in [-0.2, -0.15) is 0 Å². The number of carbonyl (C=O) groups is 1. The van der Waals surface area contributed by atoms with Crippen molar-refractivity contribution in [3.05, 3.63) is 0 Å². The van der Waals surface area contributed by atoms with Crippen molar-refractivity contribution >= 4 is 25.8 Å². The molecule has 0 spiro atoms. The molecule has 106 valence electrons. The lowest BCUT2D eigenvalue weighted by atomic mass is 9.86. The quantitative estimate of drug-likeness (QED) is 0.710. The zero-order chi connectivity index (χ0) is 14.0. The molecule has 2 N–H and O–H groups in total. The maximum atomic E-state index is 11.6. The lowest BCUT2D eigenvalue weighted by molar-refractivity contribution is -0.143. The van der Waals surface area contributed by atoms with E-state index in [0.29, 0.717) is 19.3 Å². The minimum atomic E-state index is -3.92. The Labute approximate surface area is 107 Å². The fraction of sp³-hybridized carbons (Fsp3) is 0.889. The molecule has 0 aromatic carbocycles. The minimum absolute atomic E-state index is 0.207. The van der Waals surface area contributed by atoms with Crippen molar-refractivity contribution in [3.63, 3.8) is 0 Å². The fourth-order valence-corrected chi connectivity index (χ4v) is 5.34. The summed E-state index contributed by atoms with van der Waals surface area (Å²) in [4.78, 5) is 10.8. The highest BCUT2D eigenvalue weighted by Gasteiger charge is 2.30. The fourth-order valence-electron chi connectivity index (χ4n) is 2.09. The van der Waals surface area contributed by atoms with E-state index in [4.69, 9.17) is 5.11 Å². The van der Waals surface area contributed by atoms with Crippen LogP contribution in [0.5, 0.6) is 0 Å². The first-order chi connectivity index (χ1) is 8.09. The number of rotatable bonds is 5. The Morgan fingerprint density at radius 2 is 1.89 bits per heavy atom. The van der Waals surface area contributed by atoms with Gasteiger partial charge in [-0.25, -0.2) is 21.6 Å². The number of nitrogens with one attached hydrogen (secondary N) is 1. The second kappa shape index (κ2) is 5.54. The number of aliphatic carboxylic acids is 1. The van der Waals surface area contributed by atoms with E-state index in [1.807, 2.05) is 0 Å². The van der Waals surface area contributed by atoms with Crippen LogP contribution in [-0.4, -0.2) is 45.3 Å². The summed E-state index contributed by atoms with van der Waals surface area (Å²) in [6.45, 7) is 0. The summed E-state index contributed by atoms with van der Waals surface area (Å²) in [5.41, 5.74) is 0. The van der Waals surface area contributed by atoms with E-state index in [2.05, 4.69) is 4.72 Å². The highest BCUT2D eigenvalue weighted by molar-refractivity contribution is 8.06. The Morgan fingerprint density at radius 1 is 1.28 bits per heavy atom. The van der Waals surface area contributed by atoms with Crippen molar-refractivity contribution in [2.45, 2.75) is 31.7 Å². The summed E-state index contributed by atoms with van der Waals surface area (Å²) in [7, 11) is -7.55. The summed E-state index contributed by atoms with van der Waals surface area (Å²) < 4.78 is 47.3. The van der Waals surface area contributed by atoms with E-state index in [1.165, 1.54) is 0 Å². The predicted octanol–water partition coefficient (Wildman–Crippen LogP) is -0.449. The number of carboxylic acids is 1. The standard InChI is InChI=1S/C9H17NO6S2/c1-17(13,14)6-18(15,16)10-8-4-2-3-7(5-8)9(11)12/h7-8,10H,2-6H2,1H3,(H,11,12). The Kier molecular flexibility index (Phi) is 4.73. The molecule has 1 saturated carbocycles. The summed E-state index contributed by atoms with van der Waals surface area (Å²) in [6.07, 6.45) is 2.72. The van der Waals surface area contributed by atoms with E-state index in [-0.39, 0.29) is 6.42 Å². The molecule has 1 aliphatic carbocycles. The molecule has 0 heterocycles. The zero-order valence-corrected chi connectivity index (χ0v) is 11.6. The SMILES string of the molecule is CS(=O)(=O)CS(=O)(=O)NC1CCCC(C(=O)O)C1. The predicted molar refractivity (Wildman–Crippen MR) is 65.1 cm³/mol. The van der Waals surface area contributed by atoms with Crippen LogP contribution in [0.2, 0.25) is 0 Å². The molecule has 0 saturated heterocycles. The van der Waals surface area contributed by atoms with Crippen LogP contribution in [0, 0.1) is 5.92 Å². The molecule has 2 unspecified atom stereocenters. The Morgan fingerprint density at radius 3 is 2.39 bits per heavy atom. The van der Waals surface area contributed by atoms with Gasteiger partial charge in [-0.1, -0.05) is 6.42 Å². The number of sulfonamides is 1. The summed E-state index contributed by atoms with van der Waals surface area (Å²) in [5.74, 6) is -1.51. The average molecular weight is 299 g/mol. The number of sulfone groups is 1. The third kappa shape index (κ3) is 5.32. The third-order valence-corrected chi connectivity index (χ3v) is 6.39. The Hall–Kier alpha value is -0.670. The number of hydrogen-bond acceptors (Lipinski definition) is 5. The Bertz CT molecular complexity index is 509. The molecule has 0 radical (unpaired) electrons. The van der Waals surface area contributed by atoms with Crippen LogP contribution in [0.4, 0.5) is 0 Å². The van der Waals surface area contributed by atoms with Crippen molar-refractivity contribution in [3.8, 4) is 0 Å². The molecule has 0 aromatic heterocycles. The van der Waals surface area contributed by atoms with Gasteiger partial charge in [-0.05, 0) is 19.3 Å². The van der Waals surface area contributed by atoms with Gasteiger partial charge in [-0.15, -0.1) is 0 Å². The third-order valence-electron chi connectivity index (χ3n) is 2.74. The molecule has 0 aromatic rings. The monoisotopic (exact) mass is 299 g/mol. The molecule has 18 heavy (non-hydrogen) atoms. The lowest BCUT2D eigenvalue weighted by Crippen LogP contribution is -2.41. The van der Waals surface area contributed by atoms with Crippen LogP contribution in [0.3, 0.4) is 0 Å². The topological polar surface area (TPSA) is 118 Å². The van der Waals surface area contributed by atoms with Gasteiger partial charge in [0.25, 0.3) is 0 Å². The summed E-state index contributed by atoms with van der Waals surface area (Å²) in [6, 6.07) is -0.494. The first-order valence-electron chi connectivity index (χ1n) is 5.49. The molecular weight excluding hydrogens is 282 g/mol. The highest BCUT2D eigenvalue weighted by Crippen LogP contribution is 2.24. The van der Waals surface area contributed by atoms with Gasteiger partial charge in [0, 0.05) is 12.3 Å². The van der Waals surface area contributed by atoms with Crippen LogP contribution < -0.4 is 4.72 Å². The Balaban J connectivity index is 2.64. The molecule has 7 nitrogen and oxygen atoms in total. The van der Waals surface area contributed by atoms with Crippen LogP contribution in [-0.2, 0) is 24.7 Å². The minimum Gasteiger partial charge on any atom is -0.481 e. The van der Waals surface area contributed by atoms with Crippen molar-refractivity contribution < 1.29 is 26.7 Å². The molecular formula is C9H17NO6S2. The van der Waals surface area contributed by atoms with Crippen molar-refractivity contribution in [2.24, 2.45) is 5.92 Å². The van der Waals surface area contributed by atoms with Gasteiger partial charge < -0.3 is 5.11 Å². The average Bonchev–Trinajstić information content (AvgIpc) is 2.12. The van der Waals surface area contributed by atoms with Gasteiger partial charge >= 0.3 is 5.97 Å². The van der Waals surface area contributed by atoms with E-state index < -0.39 is 42.9 Å². The summed E-state index contributed by atoms with van der Waals surface area (Å²) >= 11 is 0. The van der Waals surface area contributed by atoms with Crippen LogP contribution in [0.1, 0.15) is 25.7 Å². The maximum Gasteiger partial charge on any atom is 0.306 e. The van der Waals surface area contributed by atoms with E-state index in [1.54, 1.807) is 0 Å². The van der Waals surface area contributed by atoms with Crippen molar-refractivity contribution in [1.82, 2.24) is 4.72 Å². The molecule has 0 aliphatic heterocycles. The van der Waals surface area contributed by atoms with Crippen LogP contribution in [0.25, 0.3) is 0 Å². The normalized spacial score (nSPS) is 25.8. The summed E-state index contributed by atoms with van der Waals surface area (Å²) in [5, 5.41) is 7.90. The van der Waals surface area contributed by atoms with Crippen LogP contribution in [0.15, 0.2) is 0 Å².